The molecule has 1 rings (SSSR count). The summed E-state index contributed by atoms with van der Waals surface area (Å²) in [6.07, 6.45) is 0. The quantitative estimate of drug-likeness (QED) is 0.710. The molecule has 7 heteroatoms. The van der Waals surface area contributed by atoms with E-state index in [2.05, 4.69) is 15.6 Å². The van der Waals surface area contributed by atoms with Gasteiger partial charge in [-0.2, -0.15) is 0 Å². The second kappa shape index (κ2) is 5.45. The zero-order valence-corrected chi connectivity index (χ0v) is 9.80. The predicted molar refractivity (Wildman–Crippen MR) is 60.8 cm³/mol. The fourth-order valence-corrected chi connectivity index (χ4v) is 1.85. The van der Waals surface area contributed by atoms with Crippen molar-refractivity contribution in [3.63, 3.8) is 0 Å². The molecule has 0 saturated heterocycles. The highest BCUT2D eigenvalue weighted by molar-refractivity contribution is 7.14. The van der Waals surface area contributed by atoms with Crippen LogP contribution in [0.1, 0.15) is 24.3 Å². The zero-order chi connectivity index (χ0) is 12.1. The molecule has 0 aliphatic rings. The van der Waals surface area contributed by atoms with Crippen LogP contribution in [-0.4, -0.2) is 34.6 Å². The summed E-state index contributed by atoms with van der Waals surface area (Å²) in [4.78, 5) is 25.9. The number of anilines is 1. The second-order valence-corrected chi connectivity index (χ2v) is 3.95. The van der Waals surface area contributed by atoms with Crippen LogP contribution in [0.25, 0.3) is 0 Å². The average Bonchev–Trinajstić information content (AvgIpc) is 2.66. The van der Waals surface area contributed by atoms with Crippen molar-refractivity contribution in [2.24, 2.45) is 0 Å². The molecule has 6 nitrogen and oxygen atoms in total. The first-order valence-electron chi connectivity index (χ1n) is 4.77. The molecule has 1 unspecified atom stereocenters. The van der Waals surface area contributed by atoms with Crippen LogP contribution in [0.5, 0.6) is 0 Å². The highest BCUT2D eigenvalue weighted by Gasteiger charge is 2.18. The number of hydrogen-bond acceptors (Lipinski definition) is 5. The first-order valence-corrected chi connectivity index (χ1v) is 5.65. The molecule has 0 bridgehead atoms. The molecular weight excluding hydrogens is 230 g/mol. The van der Waals surface area contributed by atoms with Gasteiger partial charge in [-0.25, -0.2) is 9.78 Å². The van der Waals surface area contributed by atoms with E-state index in [0.29, 0.717) is 11.5 Å². The van der Waals surface area contributed by atoms with E-state index < -0.39 is 12.0 Å². The molecular formula is C9H13N3O3S. The van der Waals surface area contributed by atoms with E-state index in [9.17, 15) is 9.59 Å². The van der Waals surface area contributed by atoms with Gasteiger partial charge in [0, 0.05) is 6.54 Å². The fraction of sp³-hybridized carbons (Fsp3) is 0.444. The van der Waals surface area contributed by atoms with Crippen molar-refractivity contribution in [2.75, 3.05) is 11.9 Å². The molecule has 1 aromatic rings. The molecule has 3 N–H and O–H groups in total. The molecule has 0 aliphatic heterocycles. The van der Waals surface area contributed by atoms with Crippen molar-refractivity contribution in [2.45, 2.75) is 19.9 Å². The standard InChI is InChI=1S/C9H13N3O3S/c1-3-10-7(13)5(2)12-8-6(9(14)15)11-4-16-8/h4-5,12H,3H2,1-2H3,(H,10,13)(H,14,15). The van der Waals surface area contributed by atoms with Gasteiger partial charge in [-0.3, -0.25) is 4.79 Å². The molecule has 0 fully saturated rings. The van der Waals surface area contributed by atoms with Crippen LogP contribution in [0.15, 0.2) is 5.51 Å². The van der Waals surface area contributed by atoms with E-state index in [-0.39, 0.29) is 11.6 Å². The first-order chi connectivity index (χ1) is 7.56. The number of carboxylic acids is 1. The van der Waals surface area contributed by atoms with Gasteiger partial charge in [0.05, 0.1) is 5.51 Å². The monoisotopic (exact) mass is 243 g/mol. The average molecular weight is 243 g/mol. The van der Waals surface area contributed by atoms with Gasteiger partial charge in [0.1, 0.15) is 11.0 Å². The Bertz CT molecular complexity index is 391. The Hall–Kier alpha value is -1.63. The van der Waals surface area contributed by atoms with Crippen molar-refractivity contribution in [1.82, 2.24) is 10.3 Å². The summed E-state index contributed by atoms with van der Waals surface area (Å²) in [6, 6.07) is -0.488. The lowest BCUT2D eigenvalue weighted by atomic mass is 10.3. The molecule has 0 aliphatic carbocycles. The zero-order valence-electron chi connectivity index (χ0n) is 8.98. The number of nitrogens with zero attached hydrogens (tertiary/aromatic N) is 1. The van der Waals surface area contributed by atoms with Gasteiger partial charge in [0.15, 0.2) is 5.69 Å². The third kappa shape index (κ3) is 2.93. The van der Waals surface area contributed by atoms with Crippen LogP contribution in [-0.2, 0) is 4.79 Å². The number of carboxylic acid groups (broad SMARTS) is 1. The summed E-state index contributed by atoms with van der Waals surface area (Å²) in [5.74, 6) is -1.28. The summed E-state index contributed by atoms with van der Waals surface area (Å²) in [6.45, 7) is 4.02. The molecule has 0 spiro atoms. The van der Waals surface area contributed by atoms with Gasteiger partial charge in [-0.05, 0) is 13.8 Å². The Labute approximate surface area is 96.7 Å². The number of aromatic nitrogens is 1. The Balaban J connectivity index is 2.69. The lowest BCUT2D eigenvalue weighted by Gasteiger charge is -2.13. The number of likely N-dealkylation sites (N-methyl/N-ethyl adjacent to an activating group) is 1. The van der Waals surface area contributed by atoms with Crippen molar-refractivity contribution in [3.8, 4) is 0 Å². The van der Waals surface area contributed by atoms with Crippen LogP contribution < -0.4 is 10.6 Å². The lowest BCUT2D eigenvalue weighted by Crippen LogP contribution is -2.37. The van der Waals surface area contributed by atoms with Crippen LogP contribution in [0, 0.1) is 0 Å². The predicted octanol–water partition coefficient (Wildman–Crippen LogP) is 0.778. The number of rotatable bonds is 5. The Morgan fingerprint density at radius 3 is 2.88 bits per heavy atom. The van der Waals surface area contributed by atoms with Gasteiger partial charge in [0.25, 0.3) is 0 Å². The van der Waals surface area contributed by atoms with Gasteiger partial charge >= 0.3 is 5.97 Å². The Kier molecular flexibility index (Phi) is 4.24. The third-order valence-electron chi connectivity index (χ3n) is 1.86. The highest BCUT2D eigenvalue weighted by Crippen LogP contribution is 2.20. The van der Waals surface area contributed by atoms with Gasteiger partial charge in [-0.1, -0.05) is 0 Å². The number of thiazole rings is 1. The van der Waals surface area contributed by atoms with Crippen molar-refractivity contribution in [3.05, 3.63) is 11.2 Å². The molecule has 1 heterocycles. The maximum absolute atomic E-state index is 11.4. The number of hydrogen-bond donors (Lipinski definition) is 3. The van der Waals surface area contributed by atoms with Crippen LogP contribution >= 0.6 is 11.3 Å². The molecule has 88 valence electrons. The topological polar surface area (TPSA) is 91.3 Å². The van der Waals surface area contributed by atoms with Gasteiger partial charge in [-0.15, -0.1) is 11.3 Å². The first kappa shape index (κ1) is 12.4. The van der Waals surface area contributed by atoms with E-state index in [1.165, 1.54) is 5.51 Å². The van der Waals surface area contributed by atoms with E-state index in [4.69, 9.17) is 5.11 Å². The lowest BCUT2D eigenvalue weighted by molar-refractivity contribution is -0.121. The summed E-state index contributed by atoms with van der Waals surface area (Å²) in [5.41, 5.74) is 1.37. The van der Waals surface area contributed by atoms with E-state index in [1.807, 2.05) is 6.92 Å². The number of aromatic carboxylic acids is 1. The molecule has 0 aromatic carbocycles. The van der Waals surface area contributed by atoms with Crippen molar-refractivity contribution < 1.29 is 14.7 Å². The SMILES string of the molecule is CCNC(=O)C(C)Nc1scnc1C(=O)O. The second-order valence-electron chi connectivity index (χ2n) is 3.10. The maximum Gasteiger partial charge on any atom is 0.357 e. The molecule has 0 saturated carbocycles. The normalized spacial score (nSPS) is 11.9. The largest absolute Gasteiger partial charge is 0.476 e. The minimum absolute atomic E-state index is 0.0545. The van der Waals surface area contributed by atoms with Crippen LogP contribution in [0.2, 0.25) is 0 Å². The summed E-state index contributed by atoms with van der Waals surface area (Å²) < 4.78 is 0. The summed E-state index contributed by atoms with van der Waals surface area (Å²) >= 11 is 1.16. The molecule has 1 atom stereocenters. The minimum atomic E-state index is -1.10. The Morgan fingerprint density at radius 1 is 1.62 bits per heavy atom. The molecule has 16 heavy (non-hydrogen) atoms. The molecule has 0 radical (unpaired) electrons. The van der Waals surface area contributed by atoms with E-state index in [0.717, 1.165) is 11.3 Å². The van der Waals surface area contributed by atoms with Crippen LogP contribution in [0.3, 0.4) is 0 Å². The summed E-state index contributed by atoms with van der Waals surface area (Å²) in [5, 5.41) is 14.7. The smallest absolute Gasteiger partial charge is 0.357 e. The highest BCUT2D eigenvalue weighted by atomic mass is 32.1. The molecule has 1 amide bonds. The number of amides is 1. The summed E-state index contributed by atoms with van der Waals surface area (Å²) in [7, 11) is 0. The van der Waals surface area contributed by atoms with Gasteiger partial charge < -0.3 is 15.7 Å². The molecule has 1 aromatic heterocycles. The van der Waals surface area contributed by atoms with E-state index >= 15 is 0 Å². The van der Waals surface area contributed by atoms with E-state index in [1.54, 1.807) is 6.92 Å². The third-order valence-corrected chi connectivity index (χ3v) is 2.62. The van der Waals surface area contributed by atoms with Crippen molar-refractivity contribution >= 4 is 28.2 Å². The fourth-order valence-electron chi connectivity index (χ4n) is 1.09. The number of carbonyl (C=O) groups excluding carboxylic acids is 1. The van der Waals surface area contributed by atoms with Crippen molar-refractivity contribution in [1.29, 1.82) is 0 Å². The maximum atomic E-state index is 11.4. The Morgan fingerprint density at radius 2 is 2.31 bits per heavy atom. The number of nitrogens with one attached hydrogen (secondary N) is 2. The minimum Gasteiger partial charge on any atom is -0.476 e. The van der Waals surface area contributed by atoms with Gasteiger partial charge in [0.2, 0.25) is 5.91 Å². The van der Waals surface area contributed by atoms with Crippen LogP contribution in [0.4, 0.5) is 5.00 Å². The number of carbonyl (C=O) groups is 2.